The fourth-order valence-corrected chi connectivity index (χ4v) is 3.11. The molecule has 0 aromatic heterocycles. The zero-order valence-corrected chi connectivity index (χ0v) is 18.4. The highest BCUT2D eigenvalue weighted by atomic mass is 35.5. The van der Waals surface area contributed by atoms with Crippen LogP contribution in [0.5, 0.6) is 11.5 Å². The van der Waals surface area contributed by atoms with Crippen LogP contribution in [-0.2, 0) is 4.79 Å². The normalized spacial score (nSPS) is 10.8. The predicted octanol–water partition coefficient (Wildman–Crippen LogP) is 6.15. The molecule has 0 aliphatic carbocycles. The molecule has 10 nitrogen and oxygen atoms in total. The van der Waals surface area contributed by atoms with Crippen LogP contribution < -0.4 is 10.1 Å². The van der Waals surface area contributed by atoms with E-state index in [2.05, 4.69) is 5.32 Å². The summed E-state index contributed by atoms with van der Waals surface area (Å²) in [5.41, 5.74) is -1.01. The SMILES string of the molecule is N#C/C(=C\c1cc(Cl)ccc1Oc1ccc([N+](=O)[O-])cc1[N+](=O)[O-])C(=O)Nc1ccccc1Cl. The number of hydrogen-bond acceptors (Lipinski definition) is 7. The molecule has 0 atom stereocenters. The van der Waals surface area contributed by atoms with Gasteiger partial charge in [-0.3, -0.25) is 25.0 Å². The Morgan fingerprint density at radius 1 is 1.00 bits per heavy atom. The molecule has 1 amide bonds. The van der Waals surface area contributed by atoms with E-state index >= 15 is 0 Å². The third kappa shape index (κ3) is 5.66. The second-order valence-electron chi connectivity index (χ2n) is 6.55. The number of hydrogen-bond donors (Lipinski definition) is 1. The maximum absolute atomic E-state index is 12.6. The molecule has 0 aliphatic rings. The van der Waals surface area contributed by atoms with Gasteiger partial charge in [0.1, 0.15) is 17.4 Å². The molecule has 1 N–H and O–H groups in total. The van der Waals surface area contributed by atoms with Crippen LogP contribution >= 0.6 is 23.2 Å². The number of nitrogens with zero attached hydrogens (tertiary/aromatic N) is 3. The van der Waals surface area contributed by atoms with Gasteiger partial charge in [0.15, 0.2) is 0 Å². The third-order valence-electron chi connectivity index (χ3n) is 4.33. The Kier molecular flexibility index (Phi) is 7.43. The van der Waals surface area contributed by atoms with E-state index in [0.29, 0.717) is 5.69 Å². The van der Waals surface area contributed by atoms with E-state index in [4.69, 9.17) is 27.9 Å². The molecule has 0 heterocycles. The summed E-state index contributed by atoms with van der Waals surface area (Å²) in [4.78, 5) is 33.4. The summed E-state index contributed by atoms with van der Waals surface area (Å²) in [6.07, 6.45) is 1.19. The van der Waals surface area contributed by atoms with Gasteiger partial charge in [-0.2, -0.15) is 5.26 Å². The number of rotatable bonds is 7. The van der Waals surface area contributed by atoms with Crippen LogP contribution in [0.3, 0.4) is 0 Å². The van der Waals surface area contributed by atoms with E-state index in [-0.39, 0.29) is 32.7 Å². The zero-order chi connectivity index (χ0) is 24.8. The van der Waals surface area contributed by atoms with Gasteiger partial charge < -0.3 is 10.1 Å². The number of non-ortho nitro benzene ring substituents is 1. The molecule has 34 heavy (non-hydrogen) atoms. The van der Waals surface area contributed by atoms with Crippen molar-refractivity contribution in [2.45, 2.75) is 0 Å². The van der Waals surface area contributed by atoms with Crippen LogP contribution in [0.25, 0.3) is 6.08 Å². The first kappa shape index (κ1) is 24.2. The number of amides is 1. The first-order valence-electron chi connectivity index (χ1n) is 9.27. The highest BCUT2D eigenvalue weighted by Crippen LogP contribution is 2.37. The van der Waals surface area contributed by atoms with Crippen molar-refractivity contribution in [3.63, 3.8) is 0 Å². The van der Waals surface area contributed by atoms with Crippen LogP contribution in [0.15, 0.2) is 66.2 Å². The van der Waals surface area contributed by atoms with E-state index in [1.807, 2.05) is 0 Å². The number of carbonyl (C=O) groups excluding carboxylic acids is 1. The highest BCUT2D eigenvalue weighted by molar-refractivity contribution is 6.34. The number of para-hydroxylation sites is 1. The quantitative estimate of drug-likeness (QED) is 0.177. The first-order chi connectivity index (χ1) is 16.2. The lowest BCUT2D eigenvalue weighted by Gasteiger charge is -2.11. The number of benzene rings is 3. The second kappa shape index (κ2) is 10.4. The van der Waals surface area contributed by atoms with Crippen molar-refractivity contribution in [3.8, 4) is 17.6 Å². The molecule has 12 heteroatoms. The summed E-state index contributed by atoms with van der Waals surface area (Å²) in [5, 5.41) is 34.9. The van der Waals surface area contributed by atoms with Gasteiger partial charge in [0, 0.05) is 16.7 Å². The number of nitro groups is 2. The van der Waals surface area contributed by atoms with Crippen molar-refractivity contribution in [2.24, 2.45) is 0 Å². The maximum atomic E-state index is 12.6. The minimum atomic E-state index is -0.828. The summed E-state index contributed by atoms with van der Waals surface area (Å²) >= 11 is 12.1. The number of nitriles is 1. The van der Waals surface area contributed by atoms with Gasteiger partial charge >= 0.3 is 5.69 Å². The molecule has 170 valence electrons. The van der Waals surface area contributed by atoms with E-state index < -0.39 is 27.1 Å². The number of carbonyl (C=O) groups is 1. The van der Waals surface area contributed by atoms with Crippen molar-refractivity contribution >= 4 is 52.2 Å². The van der Waals surface area contributed by atoms with E-state index in [0.717, 1.165) is 18.2 Å². The van der Waals surface area contributed by atoms with Gasteiger partial charge in [0.2, 0.25) is 5.75 Å². The van der Waals surface area contributed by atoms with E-state index in [1.54, 1.807) is 30.3 Å². The summed E-state index contributed by atoms with van der Waals surface area (Å²) < 4.78 is 5.62. The van der Waals surface area contributed by atoms with Crippen molar-refractivity contribution in [1.82, 2.24) is 0 Å². The number of ether oxygens (including phenoxy) is 1. The zero-order valence-electron chi connectivity index (χ0n) is 16.9. The second-order valence-corrected chi connectivity index (χ2v) is 7.40. The third-order valence-corrected chi connectivity index (χ3v) is 4.89. The molecule has 3 aromatic rings. The van der Waals surface area contributed by atoms with Crippen molar-refractivity contribution in [2.75, 3.05) is 5.32 Å². The monoisotopic (exact) mass is 498 g/mol. The Balaban J connectivity index is 1.99. The Morgan fingerprint density at radius 3 is 2.35 bits per heavy atom. The molecule has 0 fully saturated rings. The molecule has 0 unspecified atom stereocenters. The number of nitro benzene ring substituents is 2. The Morgan fingerprint density at radius 2 is 1.71 bits per heavy atom. The van der Waals surface area contributed by atoms with E-state index in [9.17, 15) is 30.3 Å². The standard InChI is InChI=1S/C22H12Cl2N4O6/c23-15-5-7-20(34-21-8-6-16(27(30)31)11-19(21)28(32)33)13(10-15)9-14(12-25)22(29)26-18-4-2-1-3-17(18)24/h1-11H,(H,26,29)/b14-9+. The van der Waals surface area contributed by atoms with Crippen molar-refractivity contribution in [1.29, 1.82) is 5.26 Å². The highest BCUT2D eigenvalue weighted by Gasteiger charge is 2.22. The van der Waals surface area contributed by atoms with Crippen molar-refractivity contribution in [3.05, 3.63) is 102 Å². The predicted molar refractivity (Wildman–Crippen MR) is 125 cm³/mol. The topological polar surface area (TPSA) is 148 Å². The van der Waals surface area contributed by atoms with Crippen LogP contribution in [0.2, 0.25) is 10.0 Å². The van der Waals surface area contributed by atoms with E-state index in [1.165, 1.54) is 24.3 Å². The molecule has 3 rings (SSSR count). The summed E-state index contributed by atoms with van der Waals surface area (Å²) in [6.45, 7) is 0. The molecular weight excluding hydrogens is 487 g/mol. The fraction of sp³-hybridized carbons (Fsp3) is 0. The maximum Gasteiger partial charge on any atom is 0.318 e. The lowest BCUT2D eigenvalue weighted by molar-refractivity contribution is -0.394. The molecular formula is C22H12Cl2N4O6. The molecule has 0 bridgehead atoms. The van der Waals surface area contributed by atoms with Gasteiger partial charge in [0.25, 0.3) is 11.6 Å². The molecule has 0 spiro atoms. The molecule has 0 aliphatic heterocycles. The Labute approximate surface area is 201 Å². The molecule has 0 radical (unpaired) electrons. The van der Waals surface area contributed by atoms with Crippen molar-refractivity contribution < 1.29 is 19.4 Å². The number of anilines is 1. The van der Waals surface area contributed by atoms with Gasteiger partial charge in [-0.15, -0.1) is 0 Å². The largest absolute Gasteiger partial charge is 0.449 e. The minimum Gasteiger partial charge on any atom is -0.449 e. The van der Waals surface area contributed by atoms with Crippen LogP contribution in [-0.4, -0.2) is 15.8 Å². The fourth-order valence-electron chi connectivity index (χ4n) is 2.75. The summed E-state index contributed by atoms with van der Waals surface area (Å²) in [6, 6.07) is 15.3. The summed E-state index contributed by atoms with van der Waals surface area (Å²) in [5.74, 6) is -1.03. The average Bonchev–Trinajstić information content (AvgIpc) is 2.80. The van der Waals surface area contributed by atoms with Gasteiger partial charge in [-0.25, -0.2) is 0 Å². The van der Waals surface area contributed by atoms with Gasteiger partial charge in [0.05, 0.1) is 26.6 Å². The lowest BCUT2D eigenvalue weighted by atomic mass is 10.1. The number of halogens is 2. The average molecular weight is 499 g/mol. The Bertz CT molecular complexity index is 1380. The molecule has 0 saturated heterocycles. The number of nitrogens with one attached hydrogen (secondary N) is 1. The molecule has 0 saturated carbocycles. The van der Waals surface area contributed by atoms with Gasteiger partial charge in [-0.1, -0.05) is 35.3 Å². The Hall–Kier alpha value is -4.46. The molecule has 3 aromatic carbocycles. The minimum absolute atomic E-state index is 0.0136. The van der Waals surface area contributed by atoms with Crippen LogP contribution in [0.1, 0.15) is 5.56 Å². The lowest BCUT2D eigenvalue weighted by Crippen LogP contribution is -2.13. The van der Waals surface area contributed by atoms with Gasteiger partial charge in [-0.05, 0) is 42.5 Å². The van der Waals surface area contributed by atoms with Crippen LogP contribution in [0, 0.1) is 31.6 Å². The van der Waals surface area contributed by atoms with Crippen LogP contribution in [0.4, 0.5) is 17.1 Å². The smallest absolute Gasteiger partial charge is 0.318 e. The first-order valence-corrected chi connectivity index (χ1v) is 10.0. The summed E-state index contributed by atoms with van der Waals surface area (Å²) in [7, 11) is 0.